The highest BCUT2D eigenvalue weighted by Crippen LogP contribution is 2.31. The standard InChI is InChI=1S/C22H18Cl2N2O3/c1-28-8-9-29-22(27)19-11-17-16-4-2-3-5-20(16)26(21(17)12-25-19)13-14-10-15(23)6-7-18(14)24/h2-7,10-12H,8-9,13H2,1H3. The lowest BCUT2D eigenvalue weighted by Gasteiger charge is -2.10. The van der Waals surface area contributed by atoms with Crippen LogP contribution in [0.1, 0.15) is 16.1 Å². The molecule has 0 spiro atoms. The SMILES string of the molecule is COCCOC(=O)c1cc2c3ccccc3n(Cc3cc(Cl)ccc3Cl)c2cn1. The molecule has 2 aromatic carbocycles. The molecule has 4 aromatic rings. The molecule has 0 saturated carbocycles. The Kier molecular flexibility index (Phi) is 5.72. The number of para-hydroxylation sites is 1. The van der Waals surface area contributed by atoms with Crippen molar-refractivity contribution in [1.82, 2.24) is 9.55 Å². The highest BCUT2D eigenvalue weighted by atomic mass is 35.5. The molecule has 0 radical (unpaired) electrons. The molecule has 4 rings (SSSR count). The van der Waals surface area contributed by atoms with Crippen LogP contribution in [0.2, 0.25) is 10.0 Å². The van der Waals surface area contributed by atoms with Crippen molar-refractivity contribution in [2.75, 3.05) is 20.3 Å². The van der Waals surface area contributed by atoms with Crippen LogP contribution >= 0.6 is 23.2 Å². The highest BCUT2D eigenvalue weighted by molar-refractivity contribution is 6.33. The fourth-order valence-corrected chi connectivity index (χ4v) is 3.73. The van der Waals surface area contributed by atoms with Crippen molar-refractivity contribution in [3.8, 4) is 0 Å². The van der Waals surface area contributed by atoms with E-state index in [1.165, 1.54) is 0 Å². The van der Waals surface area contributed by atoms with Crippen molar-refractivity contribution in [2.24, 2.45) is 0 Å². The van der Waals surface area contributed by atoms with Crippen LogP contribution in [0.25, 0.3) is 21.8 Å². The third kappa shape index (κ3) is 3.94. The Morgan fingerprint density at radius 1 is 1.03 bits per heavy atom. The predicted octanol–water partition coefficient (Wildman–Crippen LogP) is 5.35. The number of methoxy groups -OCH3 is 1. The lowest BCUT2D eigenvalue weighted by molar-refractivity contribution is 0.0382. The van der Waals surface area contributed by atoms with Crippen molar-refractivity contribution in [1.29, 1.82) is 0 Å². The molecule has 0 aliphatic heterocycles. The van der Waals surface area contributed by atoms with E-state index >= 15 is 0 Å². The number of carbonyl (C=O) groups is 1. The molecule has 0 bridgehead atoms. The Hall–Kier alpha value is -2.60. The first-order valence-electron chi connectivity index (χ1n) is 9.05. The van der Waals surface area contributed by atoms with Crippen LogP contribution in [0.3, 0.4) is 0 Å². The van der Waals surface area contributed by atoms with E-state index in [0.717, 1.165) is 27.4 Å². The second kappa shape index (κ2) is 8.41. The molecule has 7 heteroatoms. The van der Waals surface area contributed by atoms with Crippen LogP contribution in [-0.4, -0.2) is 35.8 Å². The van der Waals surface area contributed by atoms with Crippen LogP contribution in [0.5, 0.6) is 0 Å². The Labute approximate surface area is 177 Å². The van der Waals surface area contributed by atoms with Gasteiger partial charge in [-0.1, -0.05) is 41.4 Å². The fourth-order valence-electron chi connectivity index (χ4n) is 3.35. The summed E-state index contributed by atoms with van der Waals surface area (Å²) in [5, 5.41) is 3.22. The van der Waals surface area contributed by atoms with Crippen molar-refractivity contribution in [3.63, 3.8) is 0 Å². The van der Waals surface area contributed by atoms with Crippen molar-refractivity contribution in [3.05, 3.63) is 76.0 Å². The Morgan fingerprint density at radius 2 is 1.86 bits per heavy atom. The third-order valence-electron chi connectivity index (χ3n) is 4.72. The van der Waals surface area contributed by atoms with E-state index in [9.17, 15) is 4.79 Å². The zero-order valence-electron chi connectivity index (χ0n) is 15.7. The van der Waals surface area contributed by atoms with E-state index < -0.39 is 5.97 Å². The quantitative estimate of drug-likeness (QED) is 0.306. The average molecular weight is 429 g/mol. The molecule has 2 aromatic heterocycles. The zero-order valence-corrected chi connectivity index (χ0v) is 17.2. The van der Waals surface area contributed by atoms with Gasteiger partial charge in [-0.3, -0.25) is 0 Å². The van der Waals surface area contributed by atoms with Crippen LogP contribution in [0, 0.1) is 0 Å². The van der Waals surface area contributed by atoms with Gasteiger partial charge in [0.1, 0.15) is 12.3 Å². The first kappa shape index (κ1) is 19.7. The van der Waals surface area contributed by atoms with Crippen LogP contribution in [0.15, 0.2) is 54.7 Å². The lowest BCUT2D eigenvalue weighted by Crippen LogP contribution is -2.11. The number of benzene rings is 2. The third-order valence-corrected chi connectivity index (χ3v) is 5.33. The van der Waals surface area contributed by atoms with E-state index in [2.05, 4.69) is 9.55 Å². The maximum atomic E-state index is 12.3. The molecule has 0 aliphatic rings. The number of nitrogens with zero attached hydrogens (tertiary/aromatic N) is 2. The summed E-state index contributed by atoms with van der Waals surface area (Å²) in [6.45, 7) is 1.06. The molecule has 0 saturated heterocycles. The second-order valence-electron chi connectivity index (χ2n) is 6.55. The number of esters is 1. The minimum Gasteiger partial charge on any atom is -0.459 e. The summed E-state index contributed by atoms with van der Waals surface area (Å²) in [6, 6.07) is 15.2. The van der Waals surface area contributed by atoms with E-state index in [-0.39, 0.29) is 12.3 Å². The van der Waals surface area contributed by atoms with Gasteiger partial charge in [0.05, 0.1) is 18.3 Å². The normalized spacial score (nSPS) is 11.3. The lowest BCUT2D eigenvalue weighted by atomic mass is 10.1. The van der Waals surface area contributed by atoms with Gasteiger partial charge >= 0.3 is 5.97 Å². The minimum atomic E-state index is -0.473. The van der Waals surface area contributed by atoms with E-state index in [1.807, 2.05) is 30.3 Å². The number of carbonyl (C=O) groups excluding carboxylic acids is 1. The van der Waals surface area contributed by atoms with Gasteiger partial charge in [0.25, 0.3) is 0 Å². The topological polar surface area (TPSA) is 53.4 Å². The molecule has 5 nitrogen and oxygen atoms in total. The number of hydrogen-bond acceptors (Lipinski definition) is 4. The van der Waals surface area contributed by atoms with E-state index in [0.29, 0.717) is 23.2 Å². The average Bonchev–Trinajstić information content (AvgIpc) is 3.04. The van der Waals surface area contributed by atoms with Crippen molar-refractivity contribution in [2.45, 2.75) is 6.54 Å². The van der Waals surface area contributed by atoms with Crippen LogP contribution < -0.4 is 0 Å². The van der Waals surface area contributed by atoms with Gasteiger partial charge in [-0.05, 0) is 35.9 Å². The first-order chi connectivity index (χ1) is 14.1. The maximum absolute atomic E-state index is 12.3. The van der Waals surface area contributed by atoms with E-state index in [4.69, 9.17) is 32.7 Å². The van der Waals surface area contributed by atoms with E-state index in [1.54, 1.807) is 31.5 Å². The summed E-state index contributed by atoms with van der Waals surface area (Å²) in [5.41, 5.74) is 3.09. The van der Waals surface area contributed by atoms with Gasteiger partial charge in [-0.2, -0.15) is 0 Å². The summed E-state index contributed by atoms with van der Waals surface area (Å²) in [6.07, 6.45) is 1.70. The zero-order chi connectivity index (χ0) is 20.4. The first-order valence-corrected chi connectivity index (χ1v) is 9.81. The molecule has 148 valence electrons. The molecule has 0 amide bonds. The molecule has 0 aliphatic carbocycles. The maximum Gasteiger partial charge on any atom is 0.357 e. The van der Waals surface area contributed by atoms with Gasteiger partial charge < -0.3 is 14.0 Å². The Bertz CT molecular complexity index is 1200. The number of ether oxygens (including phenoxy) is 2. The number of pyridine rings is 1. The number of halogens is 2. The second-order valence-corrected chi connectivity index (χ2v) is 7.40. The Morgan fingerprint density at radius 3 is 2.69 bits per heavy atom. The molecule has 2 heterocycles. The largest absolute Gasteiger partial charge is 0.459 e. The summed E-state index contributed by atoms with van der Waals surface area (Å²) >= 11 is 12.5. The fraction of sp³-hybridized carbons (Fsp3) is 0.182. The molecule has 0 unspecified atom stereocenters. The van der Waals surface area contributed by atoms with Crippen LogP contribution in [-0.2, 0) is 16.0 Å². The number of hydrogen-bond donors (Lipinski definition) is 0. The smallest absolute Gasteiger partial charge is 0.357 e. The monoisotopic (exact) mass is 428 g/mol. The molecule has 29 heavy (non-hydrogen) atoms. The minimum absolute atomic E-state index is 0.185. The van der Waals surface area contributed by atoms with Crippen molar-refractivity contribution >= 4 is 51.0 Å². The number of fused-ring (bicyclic) bond motifs is 3. The molecule has 0 fully saturated rings. The Balaban J connectivity index is 1.80. The molecule has 0 N–H and O–H groups in total. The highest BCUT2D eigenvalue weighted by Gasteiger charge is 2.16. The summed E-state index contributed by atoms with van der Waals surface area (Å²) in [4.78, 5) is 16.6. The van der Waals surface area contributed by atoms with Gasteiger partial charge in [-0.25, -0.2) is 9.78 Å². The summed E-state index contributed by atoms with van der Waals surface area (Å²) in [7, 11) is 1.55. The number of aromatic nitrogens is 2. The predicted molar refractivity (Wildman–Crippen MR) is 115 cm³/mol. The molecular formula is C22H18Cl2N2O3. The van der Waals surface area contributed by atoms with Crippen molar-refractivity contribution < 1.29 is 14.3 Å². The van der Waals surface area contributed by atoms with Gasteiger partial charge in [0.2, 0.25) is 0 Å². The summed E-state index contributed by atoms with van der Waals surface area (Å²) in [5.74, 6) is -0.473. The number of rotatable bonds is 6. The van der Waals surface area contributed by atoms with Crippen LogP contribution in [0.4, 0.5) is 0 Å². The van der Waals surface area contributed by atoms with Gasteiger partial charge in [-0.15, -0.1) is 0 Å². The molecular weight excluding hydrogens is 411 g/mol. The summed E-state index contributed by atoms with van der Waals surface area (Å²) < 4.78 is 12.2. The van der Waals surface area contributed by atoms with Gasteiger partial charge in [0.15, 0.2) is 0 Å². The van der Waals surface area contributed by atoms with Gasteiger partial charge in [0, 0.05) is 40.0 Å². The molecule has 0 atom stereocenters.